The van der Waals surface area contributed by atoms with Crippen molar-refractivity contribution in [3.63, 3.8) is 0 Å². The van der Waals surface area contributed by atoms with Gasteiger partial charge < -0.3 is 5.32 Å². The van der Waals surface area contributed by atoms with Gasteiger partial charge in [0.15, 0.2) is 0 Å². The van der Waals surface area contributed by atoms with E-state index in [0.717, 1.165) is 0 Å². The Morgan fingerprint density at radius 1 is 1.08 bits per heavy atom. The summed E-state index contributed by atoms with van der Waals surface area (Å²) >= 11 is 11.7. The Morgan fingerprint density at radius 2 is 1.72 bits per heavy atom. The summed E-state index contributed by atoms with van der Waals surface area (Å²) in [4.78, 5) is 24.3. The highest BCUT2D eigenvalue weighted by molar-refractivity contribution is 7.90. The number of benzene rings is 2. The molecule has 0 aliphatic carbocycles. The van der Waals surface area contributed by atoms with E-state index < -0.39 is 21.8 Å². The van der Waals surface area contributed by atoms with Crippen LogP contribution in [0.5, 0.6) is 0 Å². The number of rotatable bonds is 4. The SMILES string of the molecule is O=C(CCN1C(=O)c2ccccc2S1(=O)=O)Nc1cc(Cl)cc(Cl)c1. The molecule has 1 N–H and O–H groups in total. The van der Waals surface area contributed by atoms with Gasteiger partial charge in [-0.25, -0.2) is 12.7 Å². The molecule has 0 atom stereocenters. The Bertz CT molecular complexity index is 956. The molecular formula is C16H12Cl2N2O4S. The number of fused-ring (bicyclic) bond motifs is 1. The molecule has 25 heavy (non-hydrogen) atoms. The lowest BCUT2D eigenvalue weighted by molar-refractivity contribution is -0.116. The Morgan fingerprint density at radius 3 is 2.36 bits per heavy atom. The molecule has 0 bridgehead atoms. The van der Waals surface area contributed by atoms with Crippen LogP contribution in [0, 0.1) is 0 Å². The maximum atomic E-state index is 12.4. The minimum absolute atomic E-state index is 0.0398. The van der Waals surface area contributed by atoms with Gasteiger partial charge in [-0.3, -0.25) is 9.59 Å². The third-order valence-corrected chi connectivity index (χ3v) is 5.88. The summed E-state index contributed by atoms with van der Waals surface area (Å²) in [5.41, 5.74) is 0.505. The molecule has 3 rings (SSSR count). The van der Waals surface area contributed by atoms with E-state index in [1.807, 2.05) is 0 Å². The van der Waals surface area contributed by atoms with Crippen LogP contribution in [0.4, 0.5) is 5.69 Å². The van der Waals surface area contributed by atoms with Gasteiger partial charge >= 0.3 is 0 Å². The zero-order valence-electron chi connectivity index (χ0n) is 12.7. The first-order valence-corrected chi connectivity index (χ1v) is 9.41. The largest absolute Gasteiger partial charge is 0.326 e. The predicted octanol–water partition coefficient (Wildman–Crippen LogP) is 3.17. The second-order valence-corrected chi connectivity index (χ2v) is 8.04. The average molecular weight is 399 g/mol. The van der Waals surface area contributed by atoms with E-state index in [1.54, 1.807) is 12.1 Å². The van der Waals surface area contributed by atoms with E-state index in [2.05, 4.69) is 5.32 Å². The van der Waals surface area contributed by atoms with Crippen LogP contribution in [-0.4, -0.2) is 31.1 Å². The number of hydrogen-bond donors (Lipinski definition) is 1. The minimum Gasteiger partial charge on any atom is -0.326 e. The van der Waals surface area contributed by atoms with Crippen molar-refractivity contribution in [3.05, 3.63) is 58.1 Å². The molecule has 6 nitrogen and oxygen atoms in total. The molecule has 1 aliphatic heterocycles. The van der Waals surface area contributed by atoms with Crippen molar-refractivity contribution < 1.29 is 18.0 Å². The summed E-state index contributed by atoms with van der Waals surface area (Å²) in [5, 5.41) is 3.28. The van der Waals surface area contributed by atoms with Crippen LogP contribution in [0.1, 0.15) is 16.8 Å². The first-order valence-electron chi connectivity index (χ1n) is 7.21. The van der Waals surface area contributed by atoms with Gasteiger partial charge in [-0.2, -0.15) is 0 Å². The molecule has 0 aromatic heterocycles. The van der Waals surface area contributed by atoms with Crippen LogP contribution in [-0.2, 0) is 14.8 Å². The Balaban J connectivity index is 1.70. The predicted molar refractivity (Wildman–Crippen MR) is 94.4 cm³/mol. The zero-order chi connectivity index (χ0) is 18.2. The fourth-order valence-corrected chi connectivity index (χ4v) is 4.60. The number of hydrogen-bond acceptors (Lipinski definition) is 4. The molecule has 2 aromatic carbocycles. The van der Waals surface area contributed by atoms with E-state index >= 15 is 0 Å². The standard InChI is InChI=1S/C16H12Cl2N2O4S/c17-10-7-11(18)9-12(8-10)19-15(21)5-6-20-16(22)13-3-1-2-4-14(13)25(20,23)24/h1-4,7-9H,5-6H2,(H,19,21). The lowest BCUT2D eigenvalue weighted by Gasteiger charge is -2.14. The van der Waals surface area contributed by atoms with Crippen LogP contribution in [0.25, 0.3) is 0 Å². The van der Waals surface area contributed by atoms with Crippen LogP contribution >= 0.6 is 23.2 Å². The number of carbonyl (C=O) groups excluding carboxylic acids is 2. The van der Waals surface area contributed by atoms with E-state index in [9.17, 15) is 18.0 Å². The van der Waals surface area contributed by atoms with Gasteiger partial charge in [-0.1, -0.05) is 35.3 Å². The van der Waals surface area contributed by atoms with Gasteiger partial charge in [-0.15, -0.1) is 0 Å². The Hall–Kier alpha value is -2.09. The average Bonchev–Trinajstić information content (AvgIpc) is 2.72. The van der Waals surface area contributed by atoms with Crippen molar-refractivity contribution in [2.45, 2.75) is 11.3 Å². The van der Waals surface area contributed by atoms with Gasteiger partial charge in [0.1, 0.15) is 4.90 Å². The highest BCUT2D eigenvalue weighted by Gasteiger charge is 2.40. The maximum absolute atomic E-state index is 12.4. The molecule has 1 aliphatic rings. The van der Waals surface area contributed by atoms with E-state index in [0.29, 0.717) is 20.0 Å². The summed E-state index contributed by atoms with van der Waals surface area (Å²) in [6.07, 6.45) is -0.191. The zero-order valence-corrected chi connectivity index (χ0v) is 15.0. The smallest absolute Gasteiger partial charge is 0.269 e. The van der Waals surface area contributed by atoms with Crippen molar-refractivity contribution in [3.8, 4) is 0 Å². The lowest BCUT2D eigenvalue weighted by atomic mass is 10.2. The highest BCUT2D eigenvalue weighted by atomic mass is 35.5. The number of nitrogens with one attached hydrogen (secondary N) is 1. The number of amides is 2. The molecule has 0 radical (unpaired) electrons. The van der Waals surface area contributed by atoms with Gasteiger partial charge in [0, 0.05) is 28.7 Å². The molecule has 0 spiro atoms. The monoisotopic (exact) mass is 398 g/mol. The molecule has 0 fully saturated rings. The van der Waals surface area contributed by atoms with Gasteiger partial charge in [0.05, 0.1) is 5.56 Å². The van der Waals surface area contributed by atoms with Gasteiger partial charge in [0.25, 0.3) is 15.9 Å². The van der Waals surface area contributed by atoms with E-state index in [1.165, 1.54) is 30.3 Å². The maximum Gasteiger partial charge on any atom is 0.269 e. The van der Waals surface area contributed by atoms with Crippen molar-refractivity contribution in [2.24, 2.45) is 0 Å². The molecule has 9 heteroatoms. The number of halogens is 2. The van der Waals surface area contributed by atoms with Crippen LogP contribution in [0.3, 0.4) is 0 Å². The van der Waals surface area contributed by atoms with Crippen molar-refractivity contribution in [1.82, 2.24) is 4.31 Å². The summed E-state index contributed by atoms with van der Waals surface area (Å²) in [6, 6.07) is 10.5. The molecule has 2 aromatic rings. The second kappa shape index (κ2) is 6.67. The molecule has 1 heterocycles. The minimum atomic E-state index is -3.92. The normalized spacial score (nSPS) is 15.1. The highest BCUT2D eigenvalue weighted by Crippen LogP contribution is 2.30. The third-order valence-electron chi connectivity index (χ3n) is 3.60. The fourth-order valence-electron chi connectivity index (χ4n) is 2.50. The second-order valence-electron chi connectivity index (χ2n) is 5.33. The molecule has 0 unspecified atom stereocenters. The van der Waals surface area contributed by atoms with Crippen LogP contribution in [0.2, 0.25) is 10.0 Å². The number of anilines is 1. The van der Waals surface area contributed by atoms with Gasteiger partial charge in [0.2, 0.25) is 5.91 Å². The van der Waals surface area contributed by atoms with E-state index in [-0.39, 0.29) is 23.4 Å². The Labute approximate surface area is 154 Å². The summed E-state index contributed by atoms with van der Waals surface area (Å²) in [5.74, 6) is -1.09. The molecule has 2 amide bonds. The molecular weight excluding hydrogens is 387 g/mol. The topological polar surface area (TPSA) is 83.6 Å². The number of carbonyl (C=O) groups is 2. The van der Waals surface area contributed by atoms with Crippen LogP contribution in [0.15, 0.2) is 47.4 Å². The summed E-state index contributed by atoms with van der Waals surface area (Å²) in [6.45, 7) is -0.254. The van der Waals surface area contributed by atoms with Crippen molar-refractivity contribution >= 4 is 50.7 Å². The first kappa shape index (κ1) is 17.7. The number of nitrogens with zero attached hydrogens (tertiary/aromatic N) is 1. The third kappa shape index (κ3) is 3.49. The van der Waals surface area contributed by atoms with Crippen LogP contribution < -0.4 is 5.32 Å². The Kier molecular flexibility index (Phi) is 4.73. The van der Waals surface area contributed by atoms with Crippen molar-refractivity contribution in [2.75, 3.05) is 11.9 Å². The lowest BCUT2D eigenvalue weighted by Crippen LogP contribution is -2.33. The molecule has 0 saturated heterocycles. The van der Waals surface area contributed by atoms with Gasteiger partial charge in [-0.05, 0) is 30.3 Å². The molecule has 0 saturated carbocycles. The van der Waals surface area contributed by atoms with Crippen molar-refractivity contribution in [1.29, 1.82) is 0 Å². The first-order chi connectivity index (χ1) is 11.8. The quantitative estimate of drug-likeness (QED) is 0.856. The fraction of sp³-hybridized carbons (Fsp3) is 0.125. The summed E-state index contributed by atoms with van der Waals surface area (Å²) in [7, 11) is -3.92. The number of sulfonamides is 1. The summed E-state index contributed by atoms with van der Waals surface area (Å²) < 4.78 is 25.5. The molecule has 130 valence electrons. The van der Waals surface area contributed by atoms with E-state index in [4.69, 9.17) is 23.2 Å².